The van der Waals surface area contributed by atoms with Crippen molar-refractivity contribution in [3.63, 3.8) is 0 Å². The Balaban J connectivity index is 2.01. The third kappa shape index (κ3) is 1.29. The molecule has 2 aliphatic rings. The van der Waals surface area contributed by atoms with E-state index in [0.29, 0.717) is 0 Å². The van der Waals surface area contributed by atoms with Gasteiger partial charge in [-0.05, 0) is 50.7 Å². The summed E-state index contributed by atoms with van der Waals surface area (Å²) in [6.45, 7) is 2.16. The number of hydrogen-bond acceptors (Lipinski definition) is 2. The van der Waals surface area contributed by atoms with E-state index in [4.69, 9.17) is 0 Å². The summed E-state index contributed by atoms with van der Waals surface area (Å²) >= 11 is 0. The van der Waals surface area contributed by atoms with Crippen LogP contribution in [-0.4, -0.2) is 36.2 Å². The minimum Gasteiger partial charge on any atom is -0.392 e. The zero-order valence-electron chi connectivity index (χ0n) is 9.66. The number of nitrogens with zero attached hydrogens (tertiary/aromatic N) is 1. The first kappa shape index (κ1) is 10.1. The molecule has 2 nitrogen and oxygen atoms in total. The summed E-state index contributed by atoms with van der Waals surface area (Å²) in [4.78, 5) is 2.34. The van der Waals surface area contributed by atoms with Crippen LogP contribution in [0.2, 0.25) is 0 Å². The minimum atomic E-state index is -0.219. The smallest absolute Gasteiger partial charge is 0.0684 e. The van der Waals surface area contributed by atoms with E-state index in [0.717, 1.165) is 32.4 Å². The van der Waals surface area contributed by atoms with Crippen molar-refractivity contribution in [1.29, 1.82) is 0 Å². The maximum absolute atomic E-state index is 10.4. The van der Waals surface area contributed by atoms with Crippen LogP contribution in [-0.2, 0) is 11.8 Å². The van der Waals surface area contributed by atoms with Crippen LogP contribution in [0.1, 0.15) is 24.0 Å². The van der Waals surface area contributed by atoms with E-state index >= 15 is 0 Å². The fraction of sp³-hybridized carbons (Fsp3) is 0.571. The van der Waals surface area contributed by atoms with Gasteiger partial charge in [-0.15, -0.1) is 0 Å². The average Bonchev–Trinajstić information content (AvgIpc) is 2.57. The van der Waals surface area contributed by atoms with Gasteiger partial charge in [0.05, 0.1) is 6.10 Å². The Kier molecular flexibility index (Phi) is 2.20. The molecule has 0 unspecified atom stereocenters. The first-order valence-corrected chi connectivity index (χ1v) is 6.01. The van der Waals surface area contributed by atoms with Crippen LogP contribution in [0.4, 0.5) is 0 Å². The highest BCUT2D eigenvalue weighted by molar-refractivity contribution is 5.39. The van der Waals surface area contributed by atoms with Crippen LogP contribution in [0, 0.1) is 12.1 Å². The lowest BCUT2D eigenvalue weighted by atomic mass is 9.72. The molecule has 0 saturated carbocycles. The zero-order chi connectivity index (χ0) is 11.2. The molecule has 1 N–H and O–H groups in total. The fourth-order valence-corrected chi connectivity index (χ4v) is 3.24. The lowest BCUT2D eigenvalue weighted by molar-refractivity contribution is 0.0500. The highest BCUT2D eigenvalue weighted by Gasteiger charge is 2.47. The summed E-state index contributed by atoms with van der Waals surface area (Å²) < 4.78 is 0. The van der Waals surface area contributed by atoms with Gasteiger partial charge in [0.1, 0.15) is 0 Å². The average molecular weight is 215 g/mol. The molecule has 84 valence electrons. The topological polar surface area (TPSA) is 23.5 Å². The summed E-state index contributed by atoms with van der Waals surface area (Å²) in [6, 6.07) is 10.2. The van der Waals surface area contributed by atoms with Crippen LogP contribution < -0.4 is 0 Å². The van der Waals surface area contributed by atoms with Crippen molar-refractivity contribution in [1.82, 2.24) is 4.90 Å². The molecule has 1 aliphatic carbocycles. The molecule has 3 rings (SSSR count). The second-order valence-electron chi connectivity index (χ2n) is 5.17. The highest BCUT2D eigenvalue weighted by Crippen LogP contribution is 2.45. The summed E-state index contributed by atoms with van der Waals surface area (Å²) in [5.74, 6) is 0. The van der Waals surface area contributed by atoms with Crippen LogP contribution >= 0.6 is 0 Å². The Labute approximate surface area is 96.9 Å². The molecule has 1 aromatic carbocycles. The van der Waals surface area contributed by atoms with E-state index < -0.39 is 0 Å². The first-order chi connectivity index (χ1) is 7.72. The number of aliphatic hydroxyl groups excluding tert-OH is 1. The Morgan fingerprint density at radius 2 is 2.19 bits per heavy atom. The molecule has 0 amide bonds. The van der Waals surface area contributed by atoms with E-state index in [1.807, 2.05) is 6.07 Å². The molecule has 16 heavy (non-hydrogen) atoms. The molecule has 1 atom stereocenters. The van der Waals surface area contributed by atoms with Gasteiger partial charge in [-0.25, -0.2) is 0 Å². The Morgan fingerprint density at radius 3 is 2.94 bits per heavy atom. The van der Waals surface area contributed by atoms with Crippen molar-refractivity contribution in [2.24, 2.45) is 0 Å². The third-order valence-electron chi connectivity index (χ3n) is 4.33. The lowest BCUT2D eigenvalue weighted by Gasteiger charge is -2.40. The third-order valence-corrected chi connectivity index (χ3v) is 4.33. The first-order valence-electron chi connectivity index (χ1n) is 6.01. The van der Waals surface area contributed by atoms with Crippen LogP contribution in [0.25, 0.3) is 0 Å². The SMILES string of the molecule is CN1CCC2(CC1)c1ccc#cc1C[C@H]2O. The number of likely N-dealkylation sites (tertiary alicyclic amines) is 1. The molecule has 1 heterocycles. The van der Waals surface area contributed by atoms with Gasteiger partial charge in [0.15, 0.2) is 0 Å². The maximum atomic E-state index is 10.4. The number of aliphatic hydroxyl groups is 1. The highest BCUT2D eigenvalue weighted by atomic mass is 16.3. The van der Waals surface area contributed by atoms with Crippen LogP contribution in [0.3, 0.4) is 0 Å². The second kappa shape index (κ2) is 3.48. The van der Waals surface area contributed by atoms with Crippen LogP contribution in [0.15, 0.2) is 12.1 Å². The Bertz CT molecular complexity index is 393. The summed E-state index contributed by atoms with van der Waals surface area (Å²) in [5, 5.41) is 10.4. The van der Waals surface area contributed by atoms with E-state index in [1.54, 1.807) is 0 Å². The molecule has 0 aromatic heterocycles. The molecule has 1 spiro atoms. The van der Waals surface area contributed by atoms with E-state index in [1.165, 1.54) is 11.1 Å². The van der Waals surface area contributed by atoms with E-state index in [2.05, 4.69) is 30.1 Å². The summed E-state index contributed by atoms with van der Waals surface area (Å²) in [6.07, 6.45) is 2.67. The van der Waals surface area contributed by atoms with Gasteiger partial charge in [0, 0.05) is 17.4 Å². The molecular formula is C14H17NO. The zero-order valence-corrected chi connectivity index (χ0v) is 9.66. The number of hydrogen-bond donors (Lipinski definition) is 1. The summed E-state index contributed by atoms with van der Waals surface area (Å²) in [5.41, 5.74) is 2.51. The fourth-order valence-electron chi connectivity index (χ4n) is 3.24. The van der Waals surface area contributed by atoms with Crippen LogP contribution in [0.5, 0.6) is 0 Å². The van der Waals surface area contributed by atoms with Gasteiger partial charge in [-0.2, -0.15) is 0 Å². The van der Waals surface area contributed by atoms with E-state index in [9.17, 15) is 5.11 Å². The molecule has 1 saturated heterocycles. The van der Waals surface area contributed by atoms with Gasteiger partial charge in [-0.1, -0.05) is 12.1 Å². The normalized spacial score (nSPS) is 27.8. The molecule has 2 heteroatoms. The Hall–Kier alpha value is -1.04. The number of fused-ring (bicyclic) bond motifs is 2. The molecule has 0 bridgehead atoms. The predicted octanol–water partition coefficient (Wildman–Crippen LogP) is 1.17. The predicted molar refractivity (Wildman–Crippen MR) is 62.2 cm³/mol. The van der Waals surface area contributed by atoms with Gasteiger partial charge in [-0.3, -0.25) is 0 Å². The van der Waals surface area contributed by atoms with Crippen molar-refractivity contribution in [3.8, 4) is 0 Å². The lowest BCUT2D eigenvalue weighted by Crippen LogP contribution is -2.46. The van der Waals surface area contributed by atoms with Gasteiger partial charge in [0.2, 0.25) is 0 Å². The number of piperidine rings is 1. The second-order valence-corrected chi connectivity index (χ2v) is 5.17. The molecular weight excluding hydrogens is 198 g/mol. The minimum absolute atomic E-state index is 0.00738. The summed E-state index contributed by atoms with van der Waals surface area (Å²) in [7, 11) is 2.15. The molecule has 1 aromatic rings. The molecule has 0 radical (unpaired) electrons. The van der Waals surface area contributed by atoms with Gasteiger partial charge in [0.25, 0.3) is 0 Å². The molecule has 1 fully saturated rings. The van der Waals surface area contributed by atoms with Crippen molar-refractivity contribution >= 4 is 0 Å². The largest absolute Gasteiger partial charge is 0.392 e. The van der Waals surface area contributed by atoms with Gasteiger partial charge < -0.3 is 10.0 Å². The van der Waals surface area contributed by atoms with Gasteiger partial charge >= 0.3 is 0 Å². The van der Waals surface area contributed by atoms with E-state index in [-0.39, 0.29) is 11.5 Å². The standard InChI is InChI=1S/C14H17NO/c1-15-8-6-14(7-9-15)12-5-3-2-4-11(12)10-13(14)16/h3,5,13,16H,6-10H2,1H3/t13-/m1/s1. The van der Waals surface area contributed by atoms with Crippen molar-refractivity contribution in [2.75, 3.05) is 20.1 Å². The quantitative estimate of drug-likeness (QED) is 0.702. The van der Waals surface area contributed by atoms with Crippen molar-refractivity contribution in [2.45, 2.75) is 30.8 Å². The Morgan fingerprint density at radius 1 is 1.44 bits per heavy atom. The van der Waals surface area contributed by atoms with Crippen molar-refractivity contribution < 1.29 is 5.11 Å². The monoisotopic (exact) mass is 215 g/mol. The number of rotatable bonds is 0. The molecule has 1 aliphatic heterocycles. The van der Waals surface area contributed by atoms with Crippen molar-refractivity contribution in [3.05, 3.63) is 35.4 Å². The maximum Gasteiger partial charge on any atom is 0.0684 e.